The molecule has 1 aliphatic rings. The van der Waals surface area contributed by atoms with E-state index in [4.69, 9.17) is 13.9 Å². The number of aliphatic imine (C=N–C) groups is 1. The second-order valence-electron chi connectivity index (χ2n) is 5.67. The van der Waals surface area contributed by atoms with E-state index in [2.05, 4.69) is 20.6 Å². The Balaban J connectivity index is 0.00000288. The summed E-state index contributed by atoms with van der Waals surface area (Å²) in [6, 6.07) is 0. The number of aryl methyl sites for hydroxylation is 2. The quantitative estimate of drug-likeness (QED) is 0.272. The monoisotopic (exact) mass is 452 g/mol. The zero-order chi connectivity index (χ0) is 16.5. The molecule has 2 rings (SSSR count). The molecule has 1 unspecified atom stereocenters. The molecule has 0 saturated carbocycles. The lowest BCUT2D eigenvalue weighted by molar-refractivity contribution is 0.0168. The average Bonchev–Trinajstić information content (AvgIpc) is 3.16. The van der Waals surface area contributed by atoms with Crippen LogP contribution in [0, 0.1) is 13.8 Å². The van der Waals surface area contributed by atoms with Gasteiger partial charge in [-0.2, -0.15) is 0 Å². The van der Waals surface area contributed by atoms with Gasteiger partial charge in [0.25, 0.3) is 0 Å². The molecule has 1 atom stereocenters. The van der Waals surface area contributed by atoms with Crippen molar-refractivity contribution < 1.29 is 13.9 Å². The average molecular weight is 452 g/mol. The van der Waals surface area contributed by atoms with Crippen LogP contribution in [0.4, 0.5) is 0 Å². The number of hydrogen-bond donors (Lipinski definition) is 2. The summed E-state index contributed by atoms with van der Waals surface area (Å²) in [5.41, 5.74) is 0.924. The molecule has 0 spiro atoms. The molecule has 0 radical (unpaired) electrons. The van der Waals surface area contributed by atoms with Gasteiger partial charge in [-0.1, -0.05) is 0 Å². The zero-order valence-corrected chi connectivity index (χ0v) is 17.1. The van der Waals surface area contributed by atoms with E-state index in [0.29, 0.717) is 25.1 Å². The van der Waals surface area contributed by atoms with Crippen LogP contribution in [0.3, 0.4) is 0 Å². The summed E-state index contributed by atoms with van der Waals surface area (Å²) in [4.78, 5) is 8.51. The van der Waals surface area contributed by atoms with E-state index in [-0.39, 0.29) is 24.0 Å². The maximum atomic E-state index is 5.63. The molecule has 0 aliphatic carbocycles. The number of nitrogens with zero attached hydrogens (tertiary/aromatic N) is 2. The van der Waals surface area contributed by atoms with E-state index in [1.54, 1.807) is 7.05 Å². The van der Waals surface area contributed by atoms with Crippen molar-refractivity contribution in [1.29, 1.82) is 0 Å². The molecular formula is C16H29IN4O3. The Labute approximate surface area is 161 Å². The molecule has 1 saturated heterocycles. The van der Waals surface area contributed by atoms with Crippen LogP contribution in [0.5, 0.6) is 0 Å². The third kappa shape index (κ3) is 7.35. The smallest absolute Gasteiger partial charge is 0.214 e. The Morgan fingerprint density at radius 1 is 1.38 bits per heavy atom. The van der Waals surface area contributed by atoms with Gasteiger partial charge in [-0.15, -0.1) is 24.0 Å². The van der Waals surface area contributed by atoms with Gasteiger partial charge in [0.1, 0.15) is 5.76 Å². The third-order valence-electron chi connectivity index (χ3n) is 3.79. The maximum Gasteiger partial charge on any atom is 0.214 e. The fourth-order valence-electron chi connectivity index (χ4n) is 2.37. The normalized spacial score (nSPS) is 17.6. The standard InChI is InChI=1S/C16H28N4O3.HI/c1-12-13(2)23-15(20-12)10-19-16(17-3)18-7-5-8-21-11-14-6-4-9-22-14;/h14H,4-11H2,1-3H3,(H2,17,18,19);1H. The van der Waals surface area contributed by atoms with Gasteiger partial charge in [0.2, 0.25) is 5.89 Å². The zero-order valence-electron chi connectivity index (χ0n) is 14.8. The Morgan fingerprint density at radius 3 is 2.83 bits per heavy atom. The molecule has 0 amide bonds. The molecular weight excluding hydrogens is 423 g/mol. The summed E-state index contributed by atoms with van der Waals surface area (Å²) >= 11 is 0. The highest BCUT2D eigenvalue weighted by Crippen LogP contribution is 2.11. The van der Waals surface area contributed by atoms with Crippen LogP contribution in [-0.4, -0.2) is 50.5 Å². The molecule has 0 aromatic carbocycles. The van der Waals surface area contributed by atoms with Crippen molar-refractivity contribution in [3.63, 3.8) is 0 Å². The predicted octanol–water partition coefficient (Wildman–Crippen LogP) is 2.16. The van der Waals surface area contributed by atoms with Crippen molar-refractivity contribution in [1.82, 2.24) is 15.6 Å². The van der Waals surface area contributed by atoms with Gasteiger partial charge >= 0.3 is 0 Å². The molecule has 138 valence electrons. The summed E-state index contributed by atoms with van der Waals surface area (Å²) in [6.07, 6.45) is 3.49. The number of guanidine groups is 1. The number of hydrogen-bond acceptors (Lipinski definition) is 5. The predicted molar refractivity (Wildman–Crippen MR) is 104 cm³/mol. The molecule has 0 bridgehead atoms. The van der Waals surface area contributed by atoms with Crippen LogP contribution in [-0.2, 0) is 16.0 Å². The summed E-state index contributed by atoms with van der Waals surface area (Å²) in [6.45, 7) is 7.47. The summed E-state index contributed by atoms with van der Waals surface area (Å²) in [5.74, 6) is 2.26. The summed E-state index contributed by atoms with van der Waals surface area (Å²) < 4.78 is 16.7. The topological polar surface area (TPSA) is 80.9 Å². The molecule has 1 aromatic rings. The van der Waals surface area contributed by atoms with Gasteiger partial charge in [-0.3, -0.25) is 4.99 Å². The van der Waals surface area contributed by atoms with Gasteiger partial charge in [0.15, 0.2) is 5.96 Å². The second-order valence-corrected chi connectivity index (χ2v) is 5.67. The summed E-state index contributed by atoms with van der Waals surface area (Å²) in [7, 11) is 1.75. The van der Waals surface area contributed by atoms with Gasteiger partial charge in [0.05, 0.1) is 24.9 Å². The Kier molecular flexibility index (Phi) is 10.3. The number of halogens is 1. The molecule has 24 heavy (non-hydrogen) atoms. The van der Waals surface area contributed by atoms with Crippen LogP contribution < -0.4 is 10.6 Å². The Hall–Kier alpha value is -0.870. The van der Waals surface area contributed by atoms with Gasteiger partial charge in [0, 0.05) is 26.8 Å². The second kappa shape index (κ2) is 11.6. The molecule has 7 nitrogen and oxygen atoms in total. The van der Waals surface area contributed by atoms with E-state index < -0.39 is 0 Å². The van der Waals surface area contributed by atoms with E-state index in [1.807, 2.05) is 13.8 Å². The molecule has 2 N–H and O–H groups in total. The van der Waals surface area contributed by atoms with Crippen molar-refractivity contribution >= 4 is 29.9 Å². The fraction of sp³-hybridized carbons (Fsp3) is 0.750. The molecule has 8 heteroatoms. The van der Waals surface area contributed by atoms with Crippen molar-refractivity contribution in [2.45, 2.75) is 45.8 Å². The largest absolute Gasteiger partial charge is 0.444 e. The first-order chi connectivity index (χ1) is 11.2. The van der Waals surface area contributed by atoms with E-state index in [9.17, 15) is 0 Å². The molecule has 2 heterocycles. The van der Waals surface area contributed by atoms with Crippen LogP contribution in [0.1, 0.15) is 36.6 Å². The van der Waals surface area contributed by atoms with Crippen LogP contribution >= 0.6 is 24.0 Å². The SMILES string of the molecule is CN=C(NCCCOCC1CCCO1)NCc1nc(C)c(C)o1.I. The van der Waals surface area contributed by atoms with Crippen molar-refractivity contribution in [2.75, 3.05) is 33.4 Å². The summed E-state index contributed by atoms with van der Waals surface area (Å²) in [5, 5.41) is 6.43. The number of oxazole rings is 1. The molecule has 1 aliphatic heterocycles. The highest BCUT2D eigenvalue weighted by Gasteiger charge is 2.14. The molecule has 1 fully saturated rings. The first kappa shape index (κ1) is 21.2. The number of ether oxygens (including phenoxy) is 2. The number of aromatic nitrogens is 1. The minimum absolute atomic E-state index is 0. The van der Waals surface area contributed by atoms with E-state index >= 15 is 0 Å². The Bertz CT molecular complexity index is 482. The first-order valence-electron chi connectivity index (χ1n) is 8.26. The third-order valence-corrected chi connectivity index (χ3v) is 3.79. The highest BCUT2D eigenvalue weighted by molar-refractivity contribution is 14.0. The van der Waals surface area contributed by atoms with E-state index in [0.717, 1.165) is 56.4 Å². The van der Waals surface area contributed by atoms with Crippen molar-refractivity contribution in [3.05, 3.63) is 17.3 Å². The first-order valence-corrected chi connectivity index (χ1v) is 8.26. The number of rotatable bonds is 8. The lowest BCUT2D eigenvalue weighted by atomic mass is 10.2. The van der Waals surface area contributed by atoms with Gasteiger partial charge < -0.3 is 24.5 Å². The Morgan fingerprint density at radius 2 is 2.21 bits per heavy atom. The lowest BCUT2D eigenvalue weighted by Gasteiger charge is -2.12. The highest BCUT2D eigenvalue weighted by atomic mass is 127. The van der Waals surface area contributed by atoms with Gasteiger partial charge in [-0.25, -0.2) is 4.98 Å². The number of nitrogens with one attached hydrogen (secondary N) is 2. The van der Waals surface area contributed by atoms with Gasteiger partial charge in [-0.05, 0) is 33.1 Å². The van der Waals surface area contributed by atoms with Crippen LogP contribution in [0.25, 0.3) is 0 Å². The minimum atomic E-state index is 0. The van der Waals surface area contributed by atoms with Crippen molar-refractivity contribution in [2.24, 2.45) is 4.99 Å². The minimum Gasteiger partial charge on any atom is -0.444 e. The maximum absolute atomic E-state index is 5.63. The van der Waals surface area contributed by atoms with Crippen molar-refractivity contribution in [3.8, 4) is 0 Å². The lowest BCUT2D eigenvalue weighted by Crippen LogP contribution is -2.37. The van der Waals surface area contributed by atoms with E-state index in [1.165, 1.54) is 0 Å². The fourth-order valence-corrected chi connectivity index (χ4v) is 2.37. The van der Waals surface area contributed by atoms with Crippen LogP contribution in [0.15, 0.2) is 9.41 Å². The van der Waals surface area contributed by atoms with Crippen LogP contribution in [0.2, 0.25) is 0 Å². The molecule has 1 aromatic heterocycles.